The highest BCUT2D eigenvalue weighted by molar-refractivity contribution is 5.91. The van der Waals surface area contributed by atoms with E-state index in [1.165, 1.54) is 36.5 Å². The van der Waals surface area contributed by atoms with Crippen LogP contribution >= 0.6 is 0 Å². The average molecular weight is 479 g/mol. The van der Waals surface area contributed by atoms with Crippen molar-refractivity contribution in [2.75, 3.05) is 5.32 Å². The maximum Gasteiger partial charge on any atom is 0.416 e. The van der Waals surface area contributed by atoms with E-state index in [-0.39, 0.29) is 17.2 Å². The number of alkyl halides is 3. The first kappa shape index (κ1) is 23.4. The normalized spacial score (nSPS) is 11.5. The molecule has 35 heavy (non-hydrogen) atoms. The lowest BCUT2D eigenvalue weighted by atomic mass is 10.1. The number of azo groups is 1. The van der Waals surface area contributed by atoms with E-state index in [1.54, 1.807) is 30.3 Å². The maximum atomic E-state index is 12.8. The monoisotopic (exact) mass is 479 g/mol. The van der Waals surface area contributed by atoms with E-state index >= 15 is 0 Å². The van der Waals surface area contributed by atoms with Crippen LogP contribution in [0.2, 0.25) is 0 Å². The lowest BCUT2D eigenvalue weighted by Crippen LogP contribution is -2.04. The van der Waals surface area contributed by atoms with Crippen molar-refractivity contribution in [3.63, 3.8) is 0 Å². The molecule has 0 atom stereocenters. The van der Waals surface area contributed by atoms with Gasteiger partial charge in [0, 0.05) is 23.5 Å². The number of benzene rings is 3. The summed E-state index contributed by atoms with van der Waals surface area (Å²) in [6, 6.07) is 16.9. The molecule has 0 bridgehead atoms. The summed E-state index contributed by atoms with van der Waals surface area (Å²) in [5.41, 5.74) is 1.13. The number of aromatic carboxylic acids is 1. The van der Waals surface area contributed by atoms with Crippen molar-refractivity contribution in [3.05, 3.63) is 90.1 Å². The van der Waals surface area contributed by atoms with Crippen LogP contribution in [0, 0.1) is 0 Å². The molecule has 0 aliphatic carbocycles. The zero-order valence-electron chi connectivity index (χ0n) is 17.7. The van der Waals surface area contributed by atoms with Gasteiger partial charge in [-0.3, -0.25) is 0 Å². The molecule has 0 saturated heterocycles. The summed E-state index contributed by atoms with van der Waals surface area (Å²) in [5.74, 6) is -1.53. The number of hydrogen-bond acceptors (Lipinski definition) is 7. The van der Waals surface area contributed by atoms with Gasteiger partial charge in [0.1, 0.15) is 11.3 Å². The Bertz CT molecular complexity index is 1410. The number of carboxylic acids is 1. The molecule has 176 valence electrons. The van der Waals surface area contributed by atoms with Gasteiger partial charge in [-0.05, 0) is 48.5 Å². The molecule has 0 radical (unpaired) electrons. The van der Waals surface area contributed by atoms with E-state index in [1.807, 2.05) is 0 Å². The molecule has 0 fully saturated rings. The van der Waals surface area contributed by atoms with Crippen molar-refractivity contribution in [2.24, 2.45) is 10.2 Å². The number of hydrogen-bond donors (Lipinski definition) is 3. The van der Waals surface area contributed by atoms with E-state index in [0.717, 1.165) is 12.1 Å². The Kier molecular flexibility index (Phi) is 6.40. The van der Waals surface area contributed by atoms with Gasteiger partial charge in [-0.2, -0.15) is 18.3 Å². The summed E-state index contributed by atoms with van der Waals surface area (Å²) in [6.07, 6.45) is -2.93. The highest BCUT2D eigenvalue weighted by Crippen LogP contribution is 2.33. The number of nitrogens with zero attached hydrogens (tertiary/aromatic N) is 4. The molecular weight excluding hydrogens is 463 g/mol. The van der Waals surface area contributed by atoms with E-state index in [4.69, 9.17) is 5.11 Å². The number of anilines is 2. The number of carbonyl (C=O) groups is 1. The minimum Gasteiger partial charge on any atom is -0.507 e. The molecule has 4 aromatic rings. The van der Waals surface area contributed by atoms with Gasteiger partial charge >= 0.3 is 12.1 Å². The van der Waals surface area contributed by atoms with Gasteiger partial charge in [-0.15, -0.1) is 5.11 Å². The molecule has 0 saturated carbocycles. The fraction of sp³-hybridized carbons (Fsp3) is 0.0417. The first-order valence-electron chi connectivity index (χ1n) is 10.1. The number of carboxylic acid groups (broad SMARTS) is 1. The molecule has 11 heteroatoms. The standard InChI is InChI=1S/C24H16F3N5O3/c25-24(26,27)14-5-7-15(8-6-14)29-23-28-12-11-19(30-23)17-3-1-2-4-20(17)32-31-16-9-10-18(22(34)35)21(33)13-16/h1-13,33H,(H,34,35)(H,28,29,30)/b32-31+. The van der Waals surface area contributed by atoms with E-state index in [9.17, 15) is 23.1 Å². The van der Waals surface area contributed by atoms with Gasteiger partial charge in [0.2, 0.25) is 5.95 Å². The van der Waals surface area contributed by atoms with Crippen LogP contribution in [-0.4, -0.2) is 26.2 Å². The SMILES string of the molecule is O=C(O)c1ccc(/N=N/c2ccccc2-c2ccnc(Nc3ccc(C(F)(F)F)cc3)n2)cc1O. The smallest absolute Gasteiger partial charge is 0.416 e. The summed E-state index contributed by atoms with van der Waals surface area (Å²) in [5, 5.41) is 30.0. The summed E-state index contributed by atoms with van der Waals surface area (Å²) in [4.78, 5) is 19.6. The Labute approximate surface area is 196 Å². The molecule has 8 nitrogen and oxygen atoms in total. The number of aromatic nitrogens is 2. The number of aromatic hydroxyl groups is 1. The number of phenols is 1. The second-order valence-corrected chi connectivity index (χ2v) is 7.19. The number of halogens is 3. The molecule has 0 aliphatic heterocycles. The molecule has 3 aromatic carbocycles. The summed E-state index contributed by atoms with van der Waals surface area (Å²) < 4.78 is 38.3. The van der Waals surface area contributed by atoms with Gasteiger partial charge in [-0.1, -0.05) is 18.2 Å². The number of nitrogens with one attached hydrogen (secondary N) is 1. The largest absolute Gasteiger partial charge is 0.507 e. The predicted octanol–water partition coefficient (Wildman–Crippen LogP) is 6.73. The van der Waals surface area contributed by atoms with Crippen molar-refractivity contribution in [1.29, 1.82) is 0 Å². The van der Waals surface area contributed by atoms with Crippen LogP contribution in [0.5, 0.6) is 5.75 Å². The molecule has 0 aliphatic rings. The molecule has 0 unspecified atom stereocenters. The Morgan fingerprint density at radius 1 is 0.943 bits per heavy atom. The van der Waals surface area contributed by atoms with Crippen LogP contribution in [0.3, 0.4) is 0 Å². The van der Waals surface area contributed by atoms with Crippen molar-refractivity contribution < 1.29 is 28.2 Å². The highest BCUT2D eigenvalue weighted by Gasteiger charge is 2.29. The summed E-state index contributed by atoms with van der Waals surface area (Å²) >= 11 is 0. The lowest BCUT2D eigenvalue weighted by molar-refractivity contribution is -0.137. The second kappa shape index (κ2) is 9.59. The molecule has 1 aromatic heterocycles. The Balaban J connectivity index is 1.58. The molecule has 0 spiro atoms. The third-order valence-corrected chi connectivity index (χ3v) is 4.79. The minimum absolute atomic E-state index is 0.170. The van der Waals surface area contributed by atoms with Gasteiger partial charge in [0.05, 0.1) is 22.6 Å². The van der Waals surface area contributed by atoms with Crippen LogP contribution in [0.15, 0.2) is 89.2 Å². The van der Waals surface area contributed by atoms with Gasteiger partial charge < -0.3 is 15.5 Å². The first-order valence-corrected chi connectivity index (χ1v) is 10.1. The van der Waals surface area contributed by atoms with Gasteiger partial charge in [-0.25, -0.2) is 14.8 Å². The summed E-state index contributed by atoms with van der Waals surface area (Å²) in [6.45, 7) is 0. The average Bonchev–Trinajstić information content (AvgIpc) is 2.83. The minimum atomic E-state index is -4.43. The van der Waals surface area contributed by atoms with Crippen LogP contribution in [0.1, 0.15) is 15.9 Å². The third kappa shape index (κ3) is 5.58. The Morgan fingerprint density at radius 2 is 1.69 bits per heavy atom. The van der Waals surface area contributed by atoms with Crippen molar-refractivity contribution in [2.45, 2.75) is 6.18 Å². The highest BCUT2D eigenvalue weighted by atomic mass is 19.4. The quantitative estimate of drug-likeness (QED) is 0.264. The number of rotatable bonds is 6. The fourth-order valence-corrected chi connectivity index (χ4v) is 3.09. The first-order chi connectivity index (χ1) is 16.7. The maximum absolute atomic E-state index is 12.8. The molecule has 3 N–H and O–H groups in total. The van der Waals surface area contributed by atoms with E-state index in [0.29, 0.717) is 22.6 Å². The Morgan fingerprint density at radius 3 is 2.37 bits per heavy atom. The zero-order valence-corrected chi connectivity index (χ0v) is 17.7. The van der Waals surface area contributed by atoms with Crippen LogP contribution < -0.4 is 5.32 Å². The zero-order chi connectivity index (χ0) is 25.0. The van der Waals surface area contributed by atoms with Crippen LogP contribution in [0.4, 0.5) is 36.2 Å². The topological polar surface area (TPSA) is 120 Å². The van der Waals surface area contributed by atoms with Gasteiger partial charge in [0.25, 0.3) is 0 Å². The Hall–Kier alpha value is -4.80. The third-order valence-electron chi connectivity index (χ3n) is 4.79. The van der Waals surface area contributed by atoms with E-state index < -0.39 is 23.5 Å². The molecule has 0 amide bonds. The van der Waals surface area contributed by atoms with Gasteiger partial charge in [0.15, 0.2) is 0 Å². The van der Waals surface area contributed by atoms with Crippen LogP contribution in [-0.2, 0) is 6.18 Å². The lowest BCUT2D eigenvalue weighted by Gasteiger charge is -2.10. The van der Waals surface area contributed by atoms with Crippen LogP contribution in [0.25, 0.3) is 11.3 Å². The van der Waals surface area contributed by atoms with Crippen molar-refractivity contribution in [3.8, 4) is 17.0 Å². The molecule has 4 rings (SSSR count). The molecular formula is C24H16F3N5O3. The molecule has 1 heterocycles. The van der Waals surface area contributed by atoms with Crippen molar-refractivity contribution >= 4 is 29.0 Å². The van der Waals surface area contributed by atoms with Crippen molar-refractivity contribution in [1.82, 2.24) is 9.97 Å². The van der Waals surface area contributed by atoms with E-state index in [2.05, 4.69) is 25.5 Å². The predicted molar refractivity (Wildman–Crippen MR) is 121 cm³/mol. The summed E-state index contributed by atoms with van der Waals surface area (Å²) in [7, 11) is 0. The second-order valence-electron chi connectivity index (χ2n) is 7.19. The fourth-order valence-electron chi connectivity index (χ4n) is 3.09.